The molecule has 0 aromatic heterocycles. The van der Waals surface area contributed by atoms with Crippen LogP contribution in [0.3, 0.4) is 0 Å². The zero-order chi connectivity index (χ0) is 18.5. The van der Waals surface area contributed by atoms with Gasteiger partial charge in [0.25, 0.3) is 0 Å². The lowest BCUT2D eigenvalue weighted by atomic mass is 10.1. The zero-order valence-electron chi connectivity index (χ0n) is 16.7. The van der Waals surface area contributed by atoms with Crippen LogP contribution in [0.25, 0.3) is 0 Å². The highest BCUT2D eigenvalue weighted by molar-refractivity contribution is 7.47. The first-order valence-corrected chi connectivity index (χ1v) is 11.6. The highest BCUT2D eigenvalue weighted by atomic mass is 31.2. The van der Waals surface area contributed by atoms with Crippen molar-refractivity contribution in [2.45, 2.75) is 111 Å². The Bertz CT molecular complexity index is 250. The molecule has 0 unspecified atom stereocenters. The summed E-state index contributed by atoms with van der Waals surface area (Å²) in [5.41, 5.74) is 0. The molecule has 0 radical (unpaired) electrons. The van der Waals surface area contributed by atoms with Crippen molar-refractivity contribution in [3.63, 3.8) is 0 Å². The van der Waals surface area contributed by atoms with Crippen molar-refractivity contribution in [1.82, 2.24) is 0 Å². The first-order chi connectivity index (χ1) is 11.5. The molecule has 0 aromatic rings. The van der Waals surface area contributed by atoms with Gasteiger partial charge in [-0.25, -0.2) is 4.57 Å². The number of rotatable bonds is 16. The van der Waals surface area contributed by atoms with Crippen LogP contribution in [0.1, 0.15) is 111 Å². The van der Waals surface area contributed by atoms with Gasteiger partial charge in [0.15, 0.2) is 0 Å². The second-order valence-corrected chi connectivity index (χ2v) is 7.65. The maximum absolute atomic E-state index is 10.5. The first-order valence-electron chi connectivity index (χ1n) is 10.2. The average Bonchev–Trinajstić information content (AvgIpc) is 2.53. The summed E-state index contributed by atoms with van der Waals surface area (Å²) in [4.78, 5) is 8.63. The van der Waals surface area contributed by atoms with Crippen LogP contribution in [0.5, 0.6) is 0 Å². The van der Waals surface area contributed by atoms with E-state index in [1.54, 1.807) is 13.8 Å². The Hall–Kier alpha value is 0.110. The van der Waals surface area contributed by atoms with Crippen molar-refractivity contribution < 1.29 is 18.5 Å². The van der Waals surface area contributed by atoms with Crippen LogP contribution < -0.4 is 0 Å². The van der Waals surface area contributed by atoms with E-state index in [0.717, 1.165) is 0 Å². The number of hydrogen-bond donors (Lipinski definition) is 1. The molecule has 0 aliphatic rings. The minimum absolute atomic E-state index is 0.188. The number of phosphoric ester groups is 1. The summed E-state index contributed by atoms with van der Waals surface area (Å²) in [6, 6.07) is 0. The highest BCUT2D eigenvalue weighted by Crippen LogP contribution is 2.42. The molecule has 0 aliphatic heterocycles. The van der Waals surface area contributed by atoms with E-state index in [1.165, 1.54) is 83.5 Å². The summed E-state index contributed by atoms with van der Waals surface area (Å²) in [6.07, 6.45) is 18.9. The molecule has 1 N–H and O–H groups in total. The summed E-state index contributed by atoms with van der Waals surface area (Å²) < 4.78 is 19.2. The first kappa shape index (κ1) is 26.3. The van der Waals surface area contributed by atoms with Gasteiger partial charge in [0.1, 0.15) is 0 Å². The second kappa shape index (κ2) is 21.2. The maximum atomic E-state index is 10.5. The maximum Gasteiger partial charge on any atom is 0.472 e. The van der Waals surface area contributed by atoms with Crippen molar-refractivity contribution in [2.24, 2.45) is 0 Å². The molecule has 0 rings (SSSR count). The Morgan fingerprint density at radius 1 is 0.583 bits per heavy atom. The lowest BCUT2D eigenvalue weighted by Gasteiger charge is -2.07. The van der Waals surface area contributed by atoms with Gasteiger partial charge in [-0.15, -0.1) is 0 Å². The van der Waals surface area contributed by atoms with Crippen molar-refractivity contribution in [3.8, 4) is 0 Å². The third kappa shape index (κ3) is 24.4. The van der Waals surface area contributed by atoms with Gasteiger partial charge >= 0.3 is 7.82 Å². The van der Waals surface area contributed by atoms with E-state index in [0.29, 0.717) is 0 Å². The summed E-state index contributed by atoms with van der Waals surface area (Å²) in [5.74, 6) is 0. The predicted molar refractivity (Wildman–Crippen MR) is 104 cm³/mol. The van der Waals surface area contributed by atoms with Gasteiger partial charge in [0.2, 0.25) is 0 Å². The molecule has 5 heteroatoms. The number of hydrogen-bond acceptors (Lipinski definition) is 3. The normalized spacial score (nSPS) is 11.2. The van der Waals surface area contributed by atoms with Crippen LogP contribution in [0.15, 0.2) is 0 Å². The van der Waals surface area contributed by atoms with Crippen LogP contribution in [0.4, 0.5) is 0 Å². The molecular weight excluding hydrogens is 323 g/mol. The molecule has 0 heterocycles. The van der Waals surface area contributed by atoms with Crippen LogP contribution in [0, 0.1) is 0 Å². The summed E-state index contributed by atoms with van der Waals surface area (Å²) in [5, 5.41) is 0. The summed E-state index contributed by atoms with van der Waals surface area (Å²) in [7, 11) is -3.69. The van der Waals surface area contributed by atoms with Crippen LogP contribution in [-0.2, 0) is 13.6 Å². The van der Waals surface area contributed by atoms with E-state index in [4.69, 9.17) is 4.89 Å². The van der Waals surface area contributed by atoms with E-state index in [1.807, 2.05) is 0 Å². The third-order valence-electron chi connectivity index (χ3n) is 3.79. The van der Waals surface area contributed by atoms with Crippen molar-refractivity contribution >= 4 is 7.82 Å². The van der Waals surface area contributed by atoms with Crippen molar-refractivity contribution in [1.29, 1.82) is 0 Å². The Morgan fingerprint density at radius 2 is 0.833 bits per heavy atom. The Kier molecular flexibility index (Phi) is 23.2. The Morgan fingerprint density at radius 3 is 1.04 bits per heavy atom. The molecule has 0 bridgehead atoms. The second-order valence-electron chi connectivity index (χ2n) is 6.19. The van der Waals surface area contributed by atoms with Gasteiger partial charge in [-0.2, -0.15) is 0 Å². The molecule has 0 amide bonds. The molecule has 0 saturated carbocycles. The highest BCUT2D eigenvalue weighted by Gasteiger charge is 2.17. The molecule has 0 fully saturated rings. The lowest BCUT2D eigenvalue weighted by Crippen LogP contribution is -1.93. The van der Waals surface area contributed by atoms with Crippen LogP contribution >= 0.6 is 7.82 Å². The van der Waals surface area contributed by atoms with Crippen molar-refractivity contribution in [2.75, 3.05) is 13.2 Å². The Balaban J connectivity index is 0. The molecular formula is C19H43O4P. The monoisotopic (exact) mass is 366 g/mol. The van der Waals surface area contributed by atoms with Crippen LogP contribution in [-0.4, -0.2) is 18.1 Å². The SMILES string of the molecule is CCCCCCCCCCCCCCC.CCOP(=O)(O)OCC. The number of phosphoric acid groups is 1. The van der Waals surface area contributed by atoms with E-state index in [2.05, 4.69) is 22.9 Å². The van der Waals surface area contributed by atoms with Gasteiger partial charge in [0, 0.05) is 0 Å². The van der Waals surface area contributed by atoms with E-state index >= 15 is 0 Å². The fourth-order valence-corrected chi connectivity index (χ4v) is 3.18. The summed E-state index contributed by atoms with van der Waals surface area (Å²) in [6.45, 7) is 8.21. The van der Waals surface area contributed by atoms with Gasteiger partial charge < -0.3 is 4.89 Å². The lowest BCUT2D eigenvalue weighted by molar-refractivity contribution is 0.161. The van der Waals surface area contributed by atoms with Gasteiger partial charge in [-0.3, -0.25) is 9.05 Å². The van der Waals surface area contributed by atoms with Gasteiger partial charge in [0.05, 0.1) is 13.2 Å². The Labute approximate surface area is 151 Å². The third-order valence-corrected chi connectivity index (χ3v) is 4.96. The summed E-state index contributed by atoms with van der Waals surface area (Å²) >= 11 is 0. The largest absolute Gasteiger partial charge is 0.472 e. The number of unbranched alkanes of at least 4 members (excludes halogenated alkanes) is 12. The molecule has 0 atom stereocenters. The molecule has 0 aromatic carbocycles. The minimum atomic E-state index is -3.69. The van der Waals surface area contributed by atoms with Crippen molar-refractivity contribution in [3.05, 3.63) is 0 Å². The molecule has 0 spiro atoms. The van der Waals surface area contributed by atoms with Gasteiger partial charge in [-0.1, -0.05) is 97.3 Å². The minimum Gasteiger partial charge on any atom is -0.302 e. The molecule has 0 saturated heterocycles. The fourth-order valence-electron chi connectivity index (χ4n) is 2.45. The quantitative estimate of drug-likeness (QED) is 0.231. The molecule has 0 aliphatic carbocycles. The molecule has 4 nitrogen and oxygen atoms in total. The molecule has 148 valence electrons. The van der Waals surface area contributed by atoms with E-state index in [-0.39, 0.29) is 13.2 Å². The average molecular weight is 367 g/mol. The topological polar surface area (TPSA) is 55.8 Å². The smallest absolute Gasteiger partial charge is 0.302 e. The van der Waals surface area contributed by atoms with E-state index in [9.17, 15) is 4.57 Å². The van der Waals surface area contributed by atoms with E-state index < -0.39 is 7.82 Å². The predicted octanol–water partition coefficient (Wildman–Crippen LogP) is 7.26. The fraction of sp³-hybridized carbons (Fsp3) is 1.00. The zero-order valence-corrected chi connectivity index (χ0v) is 17.6. The molecule has 24 heavy (non-hydrogen) atoms. The standard InChI is InChI=1S/C15H32.C4H11O4P/c1-3-5-7-9-11-13-15-14-12-10-8-6-4-2;1-3-7-9(5,6)8-4-2/h3-15H2,1-2H3;3-4H2,1-2H3,(H,5,6). The van der Waals surface area contributed by atoms with Crippen LogP contribution in [0.2, 0.25) is 0 Å². The van der Waals surface area contributed by atoms with Gasteiger partial charge in [-0.05, 0) is 13.8 Å².